The van der Waals surface area contributed by atoms with Gasteiger partial charge in [0.05, 0.1) is 11.8 Å². The number of aryl methyl sites for hydroxylation is 2. The zero-order valence-corrected chi connectivity index (χ0v) is 13.3. The monoisotopic (exact) mass is 280 g/mol. The quantitative estimate of drug-likeness (QED) is 0.876. The van der Waals surface area contributed by atoms with Gasteiger partial charge in [0.25, 0.3) is 0 Å². The van der Waals surface area contributed by atoms with Gasteiger partial charge in [-0.25, -0.2) is 0 Å². The molecular weight excluding hydrogens is 252 g/mol. The number of aliphatic hydroxyl groups excluding tert-OH is 1. The first kappa shape index (κ1) is 15.3. The van der Waals surface area contributed by atoms with Gasteiger partial charge in [0.2, 0.25) is 0 Å². The van der Waals surface area contributed by atoms with Crippen LogP contribution in [0, 0.1) is 12.8 Å². The first-order valence-electron chi connectivity index (χ1n) is 7.59. The Balaban J connectivity index is 2.22. The molecule has 0 bridgehead atoms. The molecule has 0 amide bonds. The van der Waals surface area contributed by atoms with Crippen molar-refractivity contribution in [3.05, 3.63) is 11.3 Å². The topological polar surface area (TPSA) is 53.3 Å². The van der Waals surface area contributed by atoms with Gasteiger partial charge in [-0.15, -0.1) is 0 Å². The Hall–Kier alpha value is -1.07. The minimum atomic E-state index is -0.245. The zero-order chi connectivity index (χ0) is 14.9. The highest BCUT2D eigenvalue weighted by Gasteiger charge is 2.28. The molecule has 2 heterocycles. The summed E-state index contributed by atoms with van der Waals surface area (Å²) in [5, 5.41) is 18.2. The summed E-state index contributed by atoms with van der Waals surface area (Å²) < 4.78 is 1.95. The van der Waals surface area contributed by atoms with Crippen LogP contribution in [0.5, 0.6) is 0 Å². The van der Waals surface area contributed by atoms with E-state index in [0.717, 1.165) is 31.0 Å². The van der Waals surface area contributed by atoms with Gasteiger partial charge >= 0.3 is 0 Å². The number of anilines is 1. The fourth-order valence-corrected chi connectivity index (χ4v) is 2.84. The van der Waals surface area contributed by atoms with Crippen molar-refractivity contribution in [1.82, 2.24) is 15.1 Å². The van der Waals surface area contributed by atoms with Crippen LogP contribution in [0.4, 0.5) is 5.82 Å². The maximum atomic E-state index is 10.1. The molecule has 2 rings (SSSR count). The Bertz CT molecular complexity index is 455. The predicted molar refractivity (Wildman–Crippen MR) is 81.9 cm³/mol. The van der Waals surface area contributed by atoms with Crippen LogP contribution in [-0.2, 0) is 13.6 Å². The summed E-state index contributed by atoms with van der Waals surface area (Å²) in [6.45, 7) is 11.0. The van der Waals surface area contributed by atoms with E-state index in [1.165, 1.54) is 5.56 Å². The number of hydrogen-bond donors (Lipinski definition) is 2. The fourth-order valence-electron chi connectivity index (χ4n) is 2.84. The van der Waals surface area contributed by atoms with E-state index < -0.39 is 0 Å². The molecular formula is C15H28N4O. The maximum absolute atomic E-state index is 10.1. The summed E-state index contributed by atoms with van der Waals surface area (Å²) in [6.07, 6.45) is 0.785. The van der Waals surface area contributed by atoms with Gasteiger partial charge in [-0.05, 0) is 19.3 Å². The molecule has 1 saturated heterocycles. The molecule has 1 aliphatic rings. The van der Waals surface area contributed by atoms with Crippen molar-refractivity contribution in [3.63, 3.8) is 0 Å². The molecule has 2 unspecified atom stereocenters. The van der Waals surface area contributed by atoms with Gasteiger partial charge in [-0.1, -0.05) is 20.8 Å². The third-order valence-corrected chi connectivity index (χ3v) is 4.22. The number of piperidine rings is 1. The molecule has 2 atom stereocenters. The van der Waals surface area contributed by atoms with E-state index >= 15 is 0 Å². The lowest BCUT2D eigenvalue weighted by Crippen LogP contribution is -2.44. The number of hydrogen-bond acceptors (Lipinski definition) is 4. The van der Waals surface area contributed by atoms with Gasteiger partial charge < -0.3 is 15.3 Å². The highest BCUT2D eigenvalue weighted by atomic mass is 16.3. The van der Waals surface area contributed by atoms with Crippen molar-refractivity contribution in [2.45, 2.75) is 52.8 Å². The van der Waals surface area contributed by atoms with Gasteiger partial charge in [0.1, 0.15) is 5.82 Å². The first-order chi connectivity index (χ1) is 9.40. The minimum Gasteiger partial charge on any atom is -0.391 e. The van der Waals surface area contributed by atoms with Crippen LogP contribution in [0.15, 0.2) is 0 Å². The second-order valence-corrected chi connectivity index (χ2v) is 6.33. The summed E-state index contributed by atoms with van der Waals surface area (Å²) in [7, 11) is 1.99. The van der Waals surface area contributed by atoms with E-state index in [9.17, 15) is 5.11 Å². The molecule has 2 N–H and O–H groups in total. The second kappa shape index (κ2) is 6.14. The van der Waals surface area contributed by atoms with Crippen molar-refractivity contribution in [2.75, 3.05) is 18.0 Å². The fraction of sp³-hybridized carbons (Fsp3) is 0.800. The number of nitrogens with zero attached hydrogens (tertiary/aromatic N) is 3. The molecule has 1 aromatic rings. The van der Waals surface area contributed by atoms with Gasteiger partial charge in [0.15, 0.2) is 0 Å². The van der Waals surface area contributed by atoms with Crippen LogP contribution in [-0.4, -0.2) is 40.1 Å². The molecule has 0 aliphatic carbocycles. The molecule has 5 nitrogen and oxygen atoms in total. The Labute approximate surface area is 122 Å². The van der Waals surface area contributed by atoms with Crippen molar-refractivity contribution in [3.8, 4) is 0 Å². The molecule has 0 radical (unpaired) electrons. The van der Waals surface area contributed by atoms with E-state index in [1.807, 2.05) is 11.7 Å². The molecule has 0 spiro atoms. The number of rotatable bonds is 4. The largest absolute Gasteiger partial charge is 0.391 e. The number of aromatic nitrogens is 2. The second-order valence-electron chi connectivity index (χ2n) is 6.33. The number of aliphatic hydroxyl groups is 1. The predicted octanol–water partition coefficient (Wildman–Crippen LogP) is 1.43. The van der Waals surface area contributed by atoms with Crippen LogP contribution >= 0.6 is 0 Å². The first-order valence-corrected chi connectivity index (χ1v) is 7.59. The van der Waals surface area contributed by atoms with Gasteiger partial charge in [0, 0.05) is 38.3 Å². The number of β-amino-alcohol motifs (C(OH)–C–C–N with tert-alkyl or cyclic N) is 1. The summed E-state index contributed by atoms with van der Waals surface area (Å²) >= 11 is 0. The third kappa shape index (κ3) is 3.15. The molecule has 0 saturated carbocycles. The highest BCUT2D eigenvalue weighted by Crippen LogP contribution is 2.28. The summed E-state index contributed by atoms with van der Waals surface area (Å²) in [5.74, 6) is 1.54. The summed E-state index contributed by atoms with van der Waals surface area (Å²) in [4.78, 5) is 2.28. The van der Waals surface area contributed by atoms with Crippen LogP contribution in [0.2, 0.25) is 0 Å². The normalized spacial score (nSPS) is 23.6. The molecule has 114 valence electrons. The van der Waals surface area contributed by atoms with Gasteiger partial charge in [-0.3, -0.25) is 4.68 Å². The van der Waals surface area contributed by atoms with Crippen molar-refractivity contribution in [2.24, 2.45) is 13.0 Å². The van der Waals surface area contributed by atoms with E-state index in [-0.39, 0.29) is 6.10 Å². The molecule has 20 heavy (non-hydrogen) atoms. The van der Waals surface area contributed by atoms with E-state index in [2.05, 4.69) is 43.0 Å². The maximum Gasteiger partial charge on any atom is 0.131 e. The smallest absolute Gasteiger partial charge is 0.131 e. The Morgan fingerprint density at radius 1 is 1.45 bits per heavy atom. The van der Waals surface area contributed by atoms with Crippen LogP contribution in [0.25, 0.3) is 0 Å². The Morgan fingerprint density at radius 3 is 2.75 bits per heavy atom. The molecule has 0 aromatic carbocycles. The van der Waals surface area contributed by atoms with E-state index in [0.29, 0.717) is 18.5 Å². The molecule has 5 heteroatoms. The lowest BCUT2D eigenvalue weighted by atomic mass is 9.96. The number of nitrogens with one attached hydrogen (secondary N) is 1. The Kier molecular flexibility index (Phi) is 4.70. The average Bonchev–Trinajstić information content (AvgIpc) is 2.65. The van der Waals surface area contributed by atoms with Crippen LogP contribution in [0.1, 0.15) is 38.4 Å². The zero-order valence-electron chi connectivity index (χ0n) is 13.3. The van der Waals surface area contributed by atoms with Crippen molar-refractivity contribution >= 4 is 5.82 Å². The molecule has 1 aliphatic heterocycles. The minimum absolute atomic E-state index is 0.245. The molecule has 1 aromatic heterocycles. The molecule has 1 fully saturated rings. The van der Waals surface area contributed by atoms with Crippen LogP contribution < -0.4 is 10.2 Å². The highest BCUT2D eigenvalue weighted by molar-refractivity contribution is 5.50. The lowest BCUT2D eigenvalue weighted by molar-refractivity contribution is 0.102. The summed E-state index contributed by atoms with van der Waals surface area (Å²) in [6, 6.07) is 0.453. The lowest BCUT2D eigenvalue weighted by Gasteiger charge is -2.36. The van der Waals surface area contributed by atoms with E-state index in [1.54, 1.807) is 0 Å². The summed E-state index contributed by atoms with van der Waals surface area (Å²) in [5.41, 5.74) is 2.33. The standard InChI is InChI=1S/C15H28N4O/c1-10(2)16-8-13-12(4)17-18(5)15(13)19-7-6-11(3)14(20)9-19/h10-11,14,16,20H,6-9H2,1-5H3. The SMILES string of the molecule is Cc1nn(C)c(N2CCC(C)C(O)C2)c1CNC(C)C. The van der Waals surface area contributed by atoms with E-state index in [4.69, 9.17) is 0 Å². The Morgan fingerprint density at radius 2 is 2.15 bits per heavy atom. The van der Waals surface area contributed by atoms with Crippen molar-refractivity contribution in [1.29, 1.82) is 0 Å². The average molecular weight is 280 g/mol. The van der Waals surface area contributed by atoms with Gasteiger partial charge in [-0.2, -0.15) is 5.10 Å². The third-order valence-electron chi connectivity index (χ3n) is 4.22. The van der Waals surface area contributed by atoms with Crippen LogP contribution in [0.3, 0.4) is 0 Å². The van der Waals surface area contributed by atoms with Crippen molar-refractivity contribution < 1.29 is 5.11 Å².